The highest BCUT2D eigenvalue weighted by molar-refractivity contribution is 14.1. The zero-order chi connectivity index (χ0) is 20.7. The molecule has 0 saturated heterocycles. The Bertz CT molecular complexity index is 940. The molecular formula is C24H31IN2OSi. The van der Waals surface area contributed by atoms with Gasteiger partial charge in [-0.3, -0.25) is 0 Å². The van der Waals surface area contributed by atoms with E-state index in [2.05, 4.69) is 98.0 Å². The van der Waals surface area contributed by atoms with Crippen LogP contribution in [0, 0.1) is 3.57 Å². The number of rotatable bonds is 10. The Morgan fingerprint density at radius 2 is 1.72 bits per heavy atom. The van der Waals surface area contributed by atoms with E-state index < -0.39 is 8.07 Å². The van der Waals surface area contributed by atoms with Gasteiger partial charge in [-0.25, -0.2) is 4.68 Å². The molecule has 1 heterocycles. The molecule has 0 saturated carbocycles. The largest absolute Gasteiger partial charge is 0.360 e. The second-order valence-electron chi connectivity index (χ2n) is 7.64. The molecule has 0 radical (unpaired) electrons. The molecule has 29 heavy (non-hydrogen) atoms. The van der Waals surface area contributed by atoms with Gasteiger partial charge in [-0.2, -0.15) is 5.10 Å². The minimum absolute atomic E-state index is 0.511. The van der Waals surface area contributed by atoms with Crippen molar-refractivity contribution in [3.8, 4) is 0 Å². The fraction of sp³-hybridized carbons (Fsp3) is 0.375. The van der Waals surface area contributed by atoms with E-state index in [1.54, 1.807) is 0 Å². The molecule has 0 aliphatic rings. The van der Waals surface area contributed by atoms with Gasteiger partial charge in [0.15, 0.2) is 0 Å². The van der Waals surface area contributed by atoms with Crippen LogP contribution in [0.1, 0.15) is 32.0 Å². The lowest BCUT2D eigenvalue weighted by Crippen LogP contribution is -2.32. The average molecular weight is 519 g/mol. The van der Waals surface area contributed by atoms with Crippen LogP contribution in [0.2, 0.25) is 24.2 Å². The van der Waals surface area contributed by atoms with Crippen LogP contribution in [0.4, 0.5) is 0 Å². The van der Waals surface area contributed by atoms with E-state index in [-0.39, 0.29) is 0 Å². The lowest BCUT2D eigenvalue weighted by molar-refractivity contribution is 0.0814. The van der Waals surface area contributed by atoms with E-state index in [1.165, 1.54) is 38.7 Å². The number of hydrogen-bond donors (Lipinski definition) is 0. The van der Waals surface area contributed by atoms with Crippen molar-refractivity contribution in [2.75, 3.05) is 6.61 Å². The Hall–Kier alpha value is -1.44. The van der Waals surface area contributed by atoms with Crippen LogP contribution >= 0.6 is 22.6 Å². The van der Waals surface area contributed by atoms with E-state index in [4.69, 9.17) is 9.84 Å². The van der Waals surface area contributed by atoms with Crippen molar-refractivity contribution in [2.45, 2.75) is 51.7 Å². The van der Waals surface area contributed by atoms with Crippen LogP contribution in [-0.2, 0) is 11.5 Å². The van der Waals surface area contributed by atoms with Crippen molar-refractivity contribution in [1.29, 1.82) is 0 Å². The Kier molecular flexibility index (Phi) is 8.09. The molecule has 0 spiro atoms. The minimum atomic E-state index is -1.13. The highest BCUT2D eigenvalue weighted by Gasteiger charge is 2.25. The number of ether oxygens (including phenoxy) is 1. The van der Waals surface area contributed by atoms with Crippen molar-refractivity contribution in [2.24, 2.45) is 0 Å². The Labute approximate surface area is 189 Å². The number of benzene rings is 2. The maximum Gasteiger partial charge on any atom is 0.140 e. The summed E-state index contributed by atoms with van der Waals surface area (Å²) in [5, 5.41) is 6.02. The predicted octanol–water partition coefficient (Wildman–Crippen LogP) is 7.29. The molecule has 0 aliphatic heterocycles. The Morgan fingerprint density at radius 3 is 2.41 bits per heavy atom. The van der Waals surface area contributed by atoms with Gasteiger partial charge >= 0.3 is 0 Å². The molecular weight excluding hydrogens is 487 g/mol. The Balaban J connectivity index is 1.76. The van der Waals surface area contributed by atoms with E-state index in [1.807, 2.05) is 10.7 Å². The molecule has 0 amide bonds. The third-order valence-electron chi connectivity index (χ3n) is 6.22. The summed E-state index contributed by atoms with van der Waals surface area (Å²) in [7, 11) is -1.13. The second-order valence-corrected chi connectivity index (χ2v) is 14.5. The molecule has 0 unspecified atom stereocenters. The summed E-state index contributed by atoms with van der Waals surface area (Å²) < 4.78 is 9.33. The monoisotopic (exact) mass is 518 g/mol. The zero-order valence-electron chi connectivity index (χ0n) is 17.7. The number of nitrogens with zero attached hydrogens (tertiary/aromatic N) is 2. The number of hydrogen-bond acceptors (Lipinski definition) is 2. The van der Waals surface area contributed by atoms with Gasteiger partial charge in [-0.15, -0.1) is 0 Å². The van der Waals surface area contributed by atoms with Gasteiger partial charge in [0, 0.05) is 15.6 Å². The summed E-state index contributed by atoms with van der Waals surface area (Å²) >= 11 is 2.36. The second kappa shape index (κ2) is 10.5. The van der Waals surface area contributed by atoms with Gasteiger partial charge in [0.1, 0.15) is 6.73 Å². The number of fused-ring (bicyclic) bond motifs is 1. The third kappa shape index (κ3) is 5.58. The quantitative estimate of drug-likeness (QED) is 0.160. The smallest absolute Gasteiger partial charge is 0.140 e. The minimum Gasteiger partial charge on any atom is -0.360 e. The molecule has 3 nitrogen and oxygen atoms in total. The lowest BCUT2D eigenvalue weighted by Gasteiger charge is -2.27. The molecule has 0 bridgehead atoms. The maximum absolute atomic E-state index is 6.11. The first-order valence-electron chi connectivity index (χ1n) is 10.6. The molecule has 3 aromatic rings. The van der Waals surface area contributed by atoms with Gasteiger partial charge in [0.05, 0.1) is 19.3 Å². The fourth-order valence-electron chi connectivity index (χ4n) is 3.85. The molecule has 0 fully saturated rings. The topological polar surface area (TPSA) is 27.1 Å². The molecule has 0 aliphatic carbocycles. The van der Waals surface area contributed by atoms with Crippen LogP contribution in [0.25, 0.3) is 23.1 Å². The first-order valence-corrected chi connectivity index (χ1v) is 14.5. The number of halogens is 1. The summed E-state index contributed by atoms with van der Waals surface area (Å²) in [5.74, 6) is 0. The maximum atomic E-state index is 6.11. The predicted molar refractivity (Wildman–Crippen MR) is 136 cm³/mol. The van der Waals surface area contributed by atoms with Gasteiger partial charge in [-0.05, 0) is 58.5 Å². The fourth-order valence-corrected chi connectivity index (χ4v) is 7.47. The highest BCUT2D eigenvalue weighted by atomic mass is 127. The lowest BCUT2D eigenvalue weighted by atomic mass is 10.1. The number of aromatic nitrogens is 2. The van der Waals surface area contributed by atoms with E-state index >= 15 is 0 Å². The summed E-state index contributed by atoms with van der Waals surface area (Å²) in [6.45, 7) is 8.41. The van der Waals surface area contributed by atoms with Crippen molar-refractivity contribution < 1.29 is 4.74 Å². The zero-order valence-corrected chi connectivity index (χ0v) is 20.9. The van der Waals surface area contributed by atoms with E-state index in [0.29, 0.717) is 6.73 Å². The molecule has 0 atom stereocenters. The third-order valence-corrected chi connectivity index (χ3v) is 12.7. The van der Waals surface area contributed by atoms with Gasteiger partial charge in [0.2, 0.25) is 0 Å². The van der Waals surface area contributed by atoms with Gasteiger partial charge < -0.3 is 4.74 Å². The highest BCUT2D eigenvalue weighted by Crippen LogP contribution is 2.26. The van der Waals surface area contributed by atoms with Gasteiger partial charge in [-0.1, -0.05) is 75.3 Å². The van der Waals surface area contributed by atoms with Crippen molar-refractivity contribution in [3.05, 3.63) is 63.4 Å². The standard InChI is InChI=1S/C24H31IN2OSi/c1-4-29(5-2,6-3)17-16-28-19-27-24-18-21(25)13-14-22(24)23(26-27)15-12-20-10-8-7-9-11-20/h7-15,18H,4-6,16-17,19H2,1-3H3/b15-12+. The summed E-state index contributed by atoms with van der Waals surface area (Å²) in [5.41, 5.74) is 3.30. The van der Waals surface area contributed by atoms with Crippen LogP contribution in [0.15, 0.2) is 48.5 Å². The van der Waals surface area contributed by atoms with E-state index in [9.17, 15) is 0 Å². The Morgan fingerprint density at radius 1 is 1.00 bits per heavy atom. The van der Waals surface area contributed by atoms with Crippen LogP contribution in [-0.4, -0.2) is 24.5 Å². The van der Waals surface area contributed by atoms with Crippen LogP contribution in [0.5, 0.6) is 0 Å². The molecule has 1 aromatic heterocycles. The molecule has 5 heteroatoms. The van der Waals surface area contributed by atoms with Crippen LogP contribution < -0.4 is 0 Å². The molecule has 3 rings (SSSR count). The average Bonchev–Trinajstić information content (AvgIpc) is 3.10. The van der Waals surface area contributed by atoms with Gasteiger partial charge in [0.25, 0.3) is 0 Å². The van der Waals surface area contributed by atoms with Crippen molar-refractivity contribution in [1.82, 2.24) is 9.78 Å². The molecule has 0 N–H and O–H groups in total. The SMILES string of the molecule is CC[Si](CC)(CC)CCOCn1nc(/C=C/c2ccccc2)c2ccc(I)cc21. The molecule has 2 aromatic carbocycles. The van der Waals surface area contributed by atoms with Crippen LogP contribution in [0.3, 0.4) is 0 Å². The summed E-state index contributed by atoms with van der Waals surface area (Å²) in [6.07, 6.45) is 4.22. The normalized spacial score (nSPS) is 12.3. The first-order chi connectivity index (χ1) is 14.1. The van der Waals surface area contributed by atoms with E-state index in [0.717, 1.165) is 17.8 Å². The summed E-state index contributed by atoms with van der Waals surface area (Å²) in [6, 6.07) is 22.1. The first kappa shape index (κ1) is 22.2. The summed E-state index contributed by atoms with van der Waals surface area (Å²) in [4.78, 5) is 0. The molecule has 154 valence electrons. The van der Waals surface area contributed by atoms with Crippen molar-refractivity contribution >= 4 is 53.7 Å². The van der Waals surface area contributed by atoms with Crippen molar-refractivity contribution in [3.63, 3.8) is 0 Å².